The molecule has 0 N–H and O–H groups in total. The van der Waals surface area contributed by atoms with Gasteiger partial charge < -0.3 is 0 Å². The Morgan fingerprint density at radius 2 is 2.42 bits per heavy atom. The molecule has 1 aromatic rings. The van der Waals surface area contributed by atoms with Gasteiger partial charge in [0.15, 0.2) is 0 Å². The minimum atomic E-state index is 0.375. The van der Waals surface area contributed by atoms with Crippen LogP contribution in [0.3, 0.4) is 0 Å². The molecule has 66 valence electrons. The van der Waals surface area contributed by atoms with E-state index in [4.69, 9.17) is 11.6 Å². The van der Waals surface area contributed by atoms with Crippen LogP contribution in [-0.4, -0.2) is 10.9 Å². The van der Waals surface area contributed by atoms with E-state index in [2.05, 4.69) is 18.8 Å². The molecule has 3 heteroatoms. The summed E-state index contributed by atoms with van der Waals surface area (Å²) in [6.07, 6.45) is 1.87. The fraction of sp³-hybridized carbons (Fsp3) is 0.667. The number of hydrogen-bond donors (Lipinski definition) is 0. The highest BCUT2D eigenvalue weighted by Crippen LogP contribution is 2.64. The van der Waals surface area contributed by atoms with E-state index in [-0.39, 0.29) is 0 Å². The predicted octanol–water partition coefficient (Wildman–Crippen LogP) is 3.12. The zero-order valence-electron chi connectivity index (χ0n) is 7.25. The van der Waals surface area contributed by atoms with Crippen molar-refractivity contribution in [3.63, 3.8) is 0 Å². The van der Waals surface area contributed by atoms with E-state index in [0.29, 0.717) is 17.3 Å². The lowest BCUT2D eigenvalue weighted by Gasteiger charge is -1.97. The van der Waals surface area contributed by atoms with Crippen LogP contribution >= 0.6 is 22.9 Å². The van der Waals surface area contributed by atoms with Crippen LogP contribution in [0, 0.1) is 11.3 Å². The summed E-state index contributed by atoms with van der Waals surface area (Å²) in [5.41, 5.74) is 0.375. The lowest BCUT2D eigenvalue weighted by atomic mass is 10.1. The molecule has 1 aromatic heterocycles. The first-order valence-electron chi connectivity index (χ1n) is 4.13. The minimum absolute atomic E-state index is 0.375. The molecule has 2 unspecified atom stereocenters. The van der Waals surface area contributed by atoms with Crippen molar-refractivity contribution in [3.8, 4) is 0 Å². The van der Waals surface area contributed by atoms with Crippen molar-refractivity contribution in [2.24, 2.45) is 11.3 Å². The van der Waals surface area contributed by atoms with Gasteiger partial charge in [0.25, 0.3) is 0 Å². The summed E-state index contributed by atoms with van der Waals surface area (Å²) in [6, 6.07) is 0. The van der Waals surface area contributed by atoms with Gasteiger partial charge in [-0.15, -0.1) is 22.9 Å². The zero-order valence-corrected chi connectivity index (χ0v) is 8.82. The van der Waals surface area contributed by atoms with Crippen LogP contribution < -0.4 is 0 Å². The van der Waals surface area contributed by atoms with Gasteiger partial charge in [-0.2, -0.15) is 0 Å². The van der Waals surface area contributed by atoms with Crippen LogP contribution in [0.25, 0.3) is 0 Å². The maximum absolute atomic E-state index is 5.87. The largest absolute Gasteiger partial charge is 0.249 e. The molecule has 1 aliphatic carbocycles. The average molecular weight is 202 g/mol. The first kappa shape index (κ1) is 8.52. The molecule has 0 radical (unpaired) electrons. The number of hydrogen-bond acceptors (Lipinski definition) is 2. The van der Waals surface area contributed by atoms with E-state index in [1.165, 1.54) is 5.01 Å². The molecule has 0 aliphatic heterocycles. The Morgan fingerprint density at radius 3 is 2.83 bits per heavy atom. The summed E-state index contributed by atoms with van der Waals surface area (Å²) < 4.78 is 0. The molecule has 1 heterocycles. The summed E-state index contributed by atoms with van der Waals surface area (Å²) in [4.78, 5) is 4.33. The van der Waals surface area contributed by atoms with Crippen LogP contribution in [0.2, 0.25) is 0 Å². The van der Waals surface area contributed by atoms with E-state index in [1.807, 2.05) is 11.6 Å². The van der Waals surface area contributed by atoms with Crippen LogP contribution in [0.1, 0.15) is 24.8 Å². The highest BCUT2D eigenvalue weighted by molar-refractivity contribution is 7.09. The molecule has 2 atom stereocenters. The maximum Gasteiger partial charge on any atom is 0.0964 e. The van der Waals surface area contributed by atoms with Gasteiger partial charge in [-0.1, -0.05) is 13.8 Å². The Hall–Kier alpha value is -0.0800. The topological polar surface area (TPSA) is 12.9 Å². The highest BCUT2D eigenvalue weighted by atomic mass is 35.5. The van der Waals surface area contributed by atoms with Gasteiger partial charge in [-0.05, 0) is 11.3 Å². The molecule has 0 amide bonds. The second kappa shape index (κ2) is 2.71. The maximum atomic E-state index is 5.87. The Morgan fingerprint density at radius 1 is 1.67 bits per heavy atom. The molecule has 1 aliphatic rings. The van der Waals surface area contributed by atoms with Crippen LogP contribution in [0.15, 0.2) is 11.6 Å². The molecule has 2 rings (SSSR count). The van der Waals surface area contributed by atoms with Crippen LogP contribution in [-0.2, 0) is 0 Å². The molecule has 0 saturated heterocycles. The van der Waals surface area contributed by atoms with Crippen molar-refractivity contribution in [1.82, 2.24) is 4.98 Å². The summed E-state index contributed by atoms with van der Waals surface area (Å²) >= 11 is 7.62. The highest BCUT2D eigenvalue weighted by Gasteiger charge is 2.58. The summed E-state index contributed by atoms with van der Waals surface area (Å²) in [5.74, 6) is 2.00. The smallest absolute Gasteiger partial charge is 0.0964 e. The van der Waals surface area contributed by atoms with E-state index in [0.717, 1.165) is 5.88 Å². The third kappa shape index (κ3) is 1.09. The predicted molar refractivity (Wildman–Crippen MR) is 52.8 cm³/mol. The monoisotopic (exact) mass is 201 g/mol. The SMILES string of the molecule is CC1(C)C(CCl)C1c1nccs1. The molecule has 0 spiro atoms. The number of rotatable bonds is 2. The van der Waals surface area contributed by atoms with Crippen molar-refractivity contribution in [3.05, 3.63) is 16.6 Å². The lowest BCUT2D eigenvalue weighted by Crippen LogP contribution is -1.90. The van der Waals surface area contributed by atoms with Crippen molar-refractivity contribution in [2.45, 2.75) is 19.8 Å². The number of nitrogens with zero attached hydrogens (tertiary/aromatic N) is 1. The summed E-state index contributed by atoms with van der Waals surface area (Å²) in [5, 5.41) is 3.29. The average Bonchev–Trinajstić information content (AvgIpc) is 2.50. The normalized spacial score (nSPS) is 31.9. The molecule has 0 aromatic carbocycles. The second-order valence-electron chi connectivity index (χ2n) is 3.93. The Balaban J connectivity index is 2.19. The van der Waals surface area contributed by atoms with Gasteiger partial charge in [0.1, 0.15) is 0 Å². The Labute approximate surface area is 81.8 Å². The fourth-order valence-corrected chi connectivity index (χ4v) is 3.48. The zero-order chi connectivity index (χ0) is 8.77. The second-order valence-corrected chi connectivity index (χ2v) is 5.16. The van der Waals surface area contributed by atoms with Crippen molar-refractivity contribution in [1.29, 1.82) is 0 Å². The number of halogens is 1. The first-order chi connectivity index (χ1) is 5.68. The van der Waals surface area contributed by atoms with Crippen molar-refractivity contribution < 1.29 is 0 Å². The number of thiazole rings is 1. The van der Waals surface area contributed by atoms with Gasteiger partial charge in [0, 0.05) is 23.4 Å². The van der Waals surface area contributed by atoms with Crippen LogP contribution in [0.4, 0.5) is 0 Å². The van der Waals surface area contributed by atoms with E-state index >= 15 is 0 Å². The summed E-state index contributed by atoms with van der Waals surface area (Å²) in [6.45, 7) is 4.54. The quantitative estimate of drug-likeness (QED) is 0.671. The molecule has 1 fully saturated rings. The Bertz CT molecular complexity index is 268. The van der Waals surface area contributed by atoms with Crippen molar-refractivity contribution in [2.75, 3.05) is 5.88 Å². The third-order valence-corrected chi connectivity index (χ3v) is 4.13. The molecular formula is C9H12ClNS. The Kier molecular flexibility index (Phi) is 1.92. The van der Waals surface area contributed by atoms with Gasteiger partial charge in [0.2, 0.25) is 0 Å². The van der Waals surface area contributed by atoms with Gasteiger partial charge in [-0.3, -0.25) is 0 Å². The van der Waals surface area contributed by atoms with Crippen molar-refractivity contribution >= 4 is 22.9 Å². The van der Waals surface area contributed by atoms with Crippen LogP contribution in [0.5, 0.6) is 0 Å². The van der Waals surface area contributed by atoms with E-state index < -0.39 is 0 Å². The number of aromatic nitrogens is 1. The van der Waals surface area contributed by atoms with Gasteiger partial charge in [0.05, 0.1) is 5.01 Å². The van der Waals surface area contributed by atoms with E-state index in [1.54, 1.807) is 11.3 Å². The molecule has 0 bridgehead atoms. The molecule has 12 heavy (non-hydrogen) atoms. The molecule has 1 nitrogen and oxygen atoms in total. The third-order valence-electron chi connectivity index (χ3n) is 2.93. The van der Waals surface area contributed by atoms with Gasteiger partial charge in [-0.25, -0.2) is 4.98 Å². The standard InChI is InChI=1S/C9H12ClNS/c1-9(2)6(5-10)7(9)8-11-3-4-12-8/h3-4,6-7H,5H2,1-2H3. The molecule has 1 saturated carbocycles. The fourth-order valence-electron chi connectivity index (χ4n) is 1.91. The number of alkyl halides is 1. The van der Waals surface area contributed by atoms with E-state index in [9.17, 15) is 0 Å². The first-order valence-corrected chi connectivity index (χ1v) is 5.54. The van der Waals surface area contributed by atoms with Gasteiger partial charge >= 0.3 is 0 Å². The minimum Gasteiger partial charge on any atom is -0.249 e. The lowest BCUT2D eigenvalue weighted by molar-refractivity contribution is 0.577. The summed E-state index contributed by atoms with van der Waals surface area (Å²) in [7, 11) is 0. The molecular weight excluding hydrogens is 190 g/mol.